The lowest BCUT2D eigenvalue weighted by atomic mass is 9.99. The monoisotopic (exact) mass is 542 g/mol. The van der Waals surface area contributed by atoms with Gasteiger partial charge in [0.15, 0.2) is 5.78 Å². The molecule has 35 heavy (non-hydrogen) atoms. The van der Waals surface area contributed by atoms with Crippen LogP contribution in [-0.4, -0.2) is 5.78 Å². The molecule has 0 aliphatic carbocycles. The summed E-state index contributed by atoms with van der Waals surface area (Å²) in [5.74, 6) is -0.0302. The highest BCUT2D eigenvalue weighted by atomic mass is 79.9. The van der Waals surface area contributed by atoms with Crippen molar-refractivity contribution >= 4 is 27.8 Å². The van der Waals surface area contributed by atoms with Gasteiger partial charge in [-0.2, -0.15) is 13.2 Å². The van der Waals surface area contributed by atoms with Crippen molar-refractivity contribution in [2.75, 3.05) is 0 Å². The maximum atomic E-state index is 12.8. The smallest absolute Gasteiger partial charge is 0.289 e. The summed E-state index contributed by atoms with van der Waals surface area (Å²) in [5, 5.41) is 0. The minimum atomic E-state index is -4.28. The third kappa shape index (κ3) is 8.81. The third-order valence-corrected chi connectivity index (χ3v) is 6.72. The van der Waals surface area contributed by atoms with E-state index in [1.54, 1.807) is 12.1 Å². The standard InChI is InChI=1S/C30H30BrF3O/c31-28-19-10-9-18-27(28)29(35)21-20-25-16-8-7-15-24(25)14-6-4-2-1-3-5-12-23-13-11-17-26(22-23)30(32,33)34/h7-11,13,15-22H,1-6,12,14H2/b21-20+. The maximum Gasteiger partial charge on any atom is 0.416 e. The number of allylic oxidation sites excluding steroid dienone is 1. The van der Waals surface area contributed by atoms with Gasteiger partial charge in [0, 0.05) is 10.0 Å². The number of carbonyl (C=O) groups is 1. The predicted octanol–water partition coefficient (Wildman–Crippen LogP) is 9.49. The molecule has 0 fully saturated rings. The fourth-order valence-corrected chi connectivity index (χ4v) is 4.58. The Morgan fingerprint density at radius 1 is 0.771 bits per heavy atom. The summed E-state index contributed by atoms with van der Waals surface area (Å²) in [6, 6.07) is 21.2. The number of ketones is 1. The zero-order valence-corrected chi connectivity index (χ0v) is 21.2. The van der Waals surface area contributed by atoms with Gasteiger partial charge in [0.25, 0.3) is 0 Å². The molecule has 0 aliphatic rings. The van der Waals surface area contributed by atoms with E-state index >= 15 is 0 Å². The Kier molecular flexibility index (Phi) is 10.3. The fourth-order valence-electron chi connectivity index (χ4n) is 4.10. The van der Waals surface area contributed by atoms with Gasteiger partial charge in [-0.3, -0.25) is 4.79 Å². The van der Waals surface area contributed by atoms with Gasteiger partial charge < -0.3 is 0 Å². The highest BCUT2D eigenvalue weighted by Crippen LogP contribution is 2.30. The second-order valence-electron chi connectivity index (χ2n) is 8.70. The minimum Gasteiger partial charge on any atom is -0.289 e. The molecule has 0 atom stereocenters. The van der Waals surface area contributed by atoms with Crippen LogP contribution in [0.4, 0.5) is 13.2 Å². The van der Waals surface area contributed by atoms with E-state index in [0.29, 0.717) is 12.0 Å². The van der Waals surface area contributed by atoms with Crippen LogP contribution in [0.3, 0.4) is 0 Å². The van der Waals surface area contributed by atoms with Gasteiger partial charge in [-0.05, 0) is 66.6 Å². The Balaban J connectivity index is 1.38. The summed E-state index contributed by atoms with van der Waals surface area (Å²) in [7, 11) is 0. The Hall–Kier alpha value is -2.66. The van der Waals surface area contributed by atoms with Gasteiger partial charge in [-0.1, -0.05) is 102 Å². The van der Waals surface area contributed by atoms with E-state index in [0.717, 1.165) is 66.6 Å². The molecule has 3 aromatic carbocycles. The SMILES string of the molecule is O=C(/C=C/c1ccccc1CCCCCCCCc1cccc(C(F)(F)F)c1)c1ccccc1Br. The molecule has 0 spiro atoms. The van der Waals surface area contributed by atoms with E-state index in [4.69, 9.17) is 0 Å². The molecule has 0 heterocycles. The van der Waals surface area contributed by atoms with Gasteiger partial charge >= 0.3 is 6.18 Å². The van der Waals surface area contributed by atoms with E-state index < -0.39 is 11.7 Å². The van der Waals surface area contributed by atoms with Crippen LogP contribution in [0.2, 0.25) is 0 Å². The lowest BCUT2D eigenvalue weighted by Gasteiger charge is -2.09. The van der Waals surface area contributed by atoms with Crippen molar-refractivity contribution in [2.45, 2.75) is 57.5 Å². The minimum absolute atomic E-state index is 0.0302. The van der Waals surface area contributed by atoms with Crippen molar-refractivity contribution in [1.29, 1.82) is 0 Å². The Labute approximate surface area is 214 Å². The first-order valence-electron chi connectivity index (χ1n) is 12.1. The molecular weight excluding hydrogens is 513 g/mol. The number of rotatable bonds is 12. The van der Waals surface area contributed by atoms with E-state index in [1.165, 1.54) is 17.7 Å². The molecule has 184 valence electrons. The summed E-state index contributed by atoms with van der Waals surface area (Å²) in [6.45, 7) is 0. The second kappa shape index (κ2) is 13.4. The van der Waals surface area contributed by atoms with Crippen LogP contribution >= 0.6 is 15.9 Å². The van der Waals surface area contributed by atoms with Crippen molar-refractivity contribution in [3.8, 4) is 0 Å². The molecular formula is C30H30BrF3O. The number of carbonyl (C=O) groups excluding carboxylic acids is 1. The highest BCUT2D eigenvalue weighted by molar-refractivity contribution is 9.10. The molecule has 1 nitrogen and oxygen atoms in total. The van der Waals surface area contributed by atoms with Gasteiger partial charge in [-0.25, -0.2) is 0 Å². The van der Waals surface area contributed by atoms with E-state index in [-0.39, 0.29) is 5.78 Å². The summed E-state index contributed by atoms with van der Waals surface area (Å²) in [5.41, 5.74) is 3.13. The molecule has 3 rings (SSSR count). The number of benzene rings is 3. The molecule has 0 aliphatic heterocycles. The average Bonchev–Trinajstić information content (AvgIpc) is 2.84. The Bertz CT molecular complexity index is 1130. The number of aryl methyl sites for hydroxylation is 2. The van der Waals surface area contributed by atoms with Gasteiger partial charge in [-0.15, -0.1) is 0 Å². The average molecular weight is 543 g/mol. The molecule has 0 bridgehead atoms. The van der Waals surface area contributed by atoms with Crippen LogP contribution in [0, 0.1) is 0 Å². The third-order valence-electron chi connectivity index (χ3n) is 6.02. The zero-order chi connectivity index (χ0) is 25.1. The first-order valence-corrected chi connectivity index (χ1v) is 12.8. The molecule has 0 aromatic heterocycles. The molecule has 5 heteroatoms. The van der Waals surface area contributed by atoms with Crippen molar-refractivity contribution < 1.29 is 18.0 Å². The maximum absolute atomic E-state index is 12.8. The molecule has 0 radical (unpaired) electrons. The molecule has 3 aromatic rings. The zero-order valence-electron chi connectivity index (χ0n) is 19.7. The molecule has 0 amide bonds. The molecule has 0 saturated heterocycles. The van der Waals surface area contributed by atoms with Gasteiger partial charge in [0.1, 0.15) is 0 Å². The first-order chi connectivity index (χ1) is 16.8. The normalized spacial score (nSPS) is 11.8. The Morgan fingerprint density at radius 3 is 2.17 bits per heavy atom. The summed E-state index contributed by atoms with van der Waals surface area (Å²) < 4.78 is 39.2. The summed E-state index contributed by atoms with van der Waals surface area (Å²) >= 11 is 3.43. The number of hydrogen-bond acceptors (Lipinski definition) is 1. The number of hydrogen-bond donors (Lipinski definition) is 0. The lowest BCUT2D eigenvalue weighted by molar-refractivity contribution is -0.137. The van der Waals surface area contributed by atoms with Crippen molar-refractivity contribution in [1.82, 2.24) is 0 Å². The lowest BCUT2D eigenvalue weighted by Crippen LogP contribution is -2.05. The second-order valence-corrected chi connectivity index (χ2v) is 9.55. The van der Waals surface area contributed by atoms with Crippen molar-refractivity contribution in [2.24, 2.45) is 0 Å². The molecule has 0 unspecified atom stereocenters. The fraction of sp³-hybridized carbons (Fsp3) is 0.300. The summed E-state index contributed by atoms with van der Waals surface area (Å²) in [4.78, 5) is 12.5. The quantitative estimate of drug-likeness (QED) is 0.126. The van der Waals surface area contributed by atoms with Crippen LogP contribution in [0.5, 0.6) is 0 Å². The topological polar surface area (TPSA) is 17.1 Å². The van der Waals surface area contributed by atoms with Crippen LogP contribution in [0.1, 0.15) is 71.1 Å². The van der Waals surface area contributed by atoms with Crippen molar-refractivity contribution in [3.63, 3.8) is 0 Å². The summed E-state index contributed by atoms with van der Waals surface area (Å²) in [6.07, 6.45) is 7.17. The number of alkyl halides is 3. The van der Waals surface area contributed by atoms with Crippen LogP contribution in [-0.2, 0) is 19.0 Å². The van der Waals surface area contributed by atoms with Gasteiger partial charge in [0.2, 0.25) is 0 Å². The van der Waals surface area contributed by atoms with E-state index in [1.807, 2.05) is 48.5 Å². The van der Waals surface area contributed by atoms with Gasteiger partial charge in [0.05, 0.1) is 5.56 Å². The first kappa shape index (κ1) is 26.9. The van der Waals surface area contributed by atoms with Crippen LogP contribution < -0.4 is 0 Å². The molecule has 0 saturated carbocycles. The number of unbranched alkanes of at least 4 members (excludes halogenated alkanes) is 5. The van der Waals surface area contributed by atoms with Crippen LogP contribution in [0.25, 0.3) is 6.08 Å². The molecule has 0 N–H and O–H groups in total. The largest absolute Gasteiger partial charge is 0.416 e. The predicted molar refractivity (Wildman–Crippen MR) is 141 cm³/mol. The highest BCUT2D eigenvalue weighted by Gasteiger charge is 2.30. The number of halogens is 4. The Morgan fingerprint density at radius 2 is 1.43 bits per heavy atom. The van der Waals surface area contributed by atoms with E-state index in [9.17, 15) is 18.0 Å². The van der Waals surface area contributed by atoms with Crippen LogP contribution in [0.15, 0.2) is 83.3 Å². The van der Waals surface area contributed by atoms with E-state index in [2.05, 4.69) is 22.0 Å². The van der Waals surface area contributed by atoms with Crippen molar-refractivity contribution in [3.05, 3.63) is 111 Å².